The molecule has 1 aliphatic carbocycles. The lowest BCUT2D eigenvalue weighted by Crippen LogP contribution is -2.40. The van der Waals surface area contributed by atoms with Crippen LogP contribution in [-0.2, 0) is 6.42 Å². The van der Waals surface area contributed by atoms with Crippen LogP contribution in [0.2, 0.25) is 0 Å². The normalized spacial score (nSPS) is 25.9. The summed E-state index contributed by atoms with van der Waals surface area (Å²) < 4.78 is 14.2. The Morgan fingerprint density at radius 1 is 1.43 bits per heavy atom. The molecule has 1 aromatic carbocycles. The van der Waals surface area contributed by atoms with Gasteiger partial charge in [-0.05, 0) is 42.9 Å². The highest BCUT2D eigenvalue weighted by Gasteiger charge is 2.27. The van der Waals surface area contributed by atoms with E-state index in [1.807, 2.05) is 12.1 Å². The summed E-state index contributed by atoms with van der Waals surface area (Å²) >= 11 is 3.24. The first kappa shape index (κ1) is 10.1. The van der Waals surface area contributed by atoms with Crippen LogP contribution in [0.15, 0.2) is 22.7 Å². The summed E-state index contributed by atoms with van der Waals surface area (Å²) in [6.07, 6.45) is 3.00. The van der Waals surface area contributed by atoms with Crippen molar-refractivity contribution in [2.75, 3.05) is 0 Å². The molecule has 1 aliphatic rings. The van der Waals surface area contributed by atoms with E-state index in [4.69, 9.17) is 5.73 Å². The Hall–Kier alpha value is -0.410. The number of hydrogen-bond acceptors (Lipinski definition) is 1. The summed E-state index contributed by atoms with van der Waals surface area (Å²) in [5.74, 6) is 0.351. The molecule has 1 saturated carbocycles. The molecule has 1 fully saturated rings. The summed E-state index contributed by atoms with van der Waals surface area (Å²) in [7, 11) is 0. The lowest BCUT2D eigenvalue weighted by atomic mass is 9.76. The van der Waals surface area contributed by atoms with E-state index in [1.165, 1.54) is 6.07 Å². The molecule has 3 heteroatoms. The second-order valence-corrected chi connectivity index (χ2v) is 4.86. The van der Waals surface area contributed by atoms with Crippen LogP contribution in [-0.4, -0.2) is 6.04 Å². The zero-order valence-electron chi connectivity index (χ0n) is 7.84. The van der Waals surface area contributed by atoms with Gasteiger partial charge in [-0.2, -0.15) is 0 Å². The summed E-state index contributed by atoms with van der Waals surface area (Å²) in [4.78, 5) is 0. The van der Waals surface area contributed by atoms with Crippen LogP contribution >= 0.6 is 15.9 Å². The number of hydrogen-bond donors (Lipinski definition) is 1. The second-order valence-electron chi connectivity index (χ2n) is 3.94. The average molecular weight is 258 g/mol. The van der Waals surface area contributed by atoms with Gasteiger partial charge in [-0.25, -0.2) is 4.39 Å². The fourth-order valence-electron chi connectivity index (χ4n) is 1.82. The molecule has 0 heterocycles. The smallest absolute Gasteiger partial charge is 0.127 e. The van der Waals surface area contributed by atoms with Crippen molar-refractivity contribution in [3.05, 3.63) is 34.1 Å². The molecule has 0 bridgehead atoms. The molecular formula is C11H13BrFN. The van der Waals surface area contributed by atoms with Gasteiger partial charge in [0.05, 0.1) is 0 Å². The predicted molar refractivity (Wildman–Crippen MR) is 58.5 cm³/mol. The molecule has 0 spiro atoms. The number of benzene rings is 1. The van der Waals surface area contributed by atoms with E-state index in [2.05, 4.69) is 15.9 Å². The first-order valence-electron chi connectivity index (χ1n) is 4.86. The Balaban J connectivity index is 2.09. The minimum absolute atomic E-state index is 0.126. The number of halogens is 2. The molecule has 2 unspecified atom stereocenters. The van der Waals surface area contributed by atoms with E-state index in [1.54, 1.807) is 0 Å². The summed E-state index contributed by atoms with van der Waals surface area (Å²) in [6.45, 7) is 0. The van der Waals surface area contributed by atoms with Crippen LogP contribution in [0.1, 0.15) is 18.4 Å². The number of rotatable bonds is 2. The van der Waals surface area contributed by atoms with E-state index >= 15 is 0 Å². The fraction of sp³-hybridized carbons (Fsp3) is 0.455. The van der Waals surface area contributed by atoms with Crippen LogP contribution in [0.4, 0.5) is 4.39 Å². The highest BCUT2D eigenvalue weighted by atomic mass is 79.9. The van der Waals surface area contributed by atoms with Gasteiger partial charge in [-0.15, -0.1) is 0 Å². The molecule has 0 aliphatic heterocycles. The Bertz CT molecular complexity index is 340. The van der Waals surface area contributed by atoms with Crippen molar-refractivity contribution < 1.29 is 4.39 Å². The monoisotopic (exact) mass is 257 g/mol. The van der Waals surface area contributed by atoms with Crippen molar-refractivity contribution in [3.8, 4) is 0 Å². The maximum atomic E-state index is 13.4. The average Bonchev–Trinajstić information content (AvgIpc) is 2.14. The fourth-order valence-corrected chi connectivity index (χ4v) is 2.15. The van der Waals surface area contributed by atoms with Crippen molar-refractivity contribution >= 4 is 15.9 Å². The standard InChI is InChI=1S/C11H13BrFN/c12-9-3-1-7(10(13)6-9)5-8-2-4-11(8)14/h1,3,6,8,11H,2,4-5,14H2. The van der Waals surface area contributed by atoms with Crippen LogP contribution in [0.25, 0.3) is 0 Å². The van der Waals surface area contributed by atoms with Gasteiger partial charge in [0.2, 0.25) is 0 Å². The largest absolute Gasteiger partial charge is 0.327 e. The minimum atomic E-state index is -0.126. The van der Waals surface area contributed by atoms with Gasteiger partial charge in [0, 0.05) is 10.5 Å². The Kier molecular flexibility index (Phi) is 2.88. The van der Waals surface area contributed by atoms with Gasteiger partial charge in [-0.1, -0.05) is 22.0 Å². The van der Waals surface area contributed by atoms with Gasteiger partial charge in [0.1, 0.15) is 5.82 Å². The molecule has 2 rings (SSSR count). The lowest BCUT2D eigenvalue weighted by molar-refractivity contribution is 0.253. The Morgan fingerprint density at radius 3 is 2.71 bits per heavy atom. The van der Waals surface area contributed by atoms with Crippen LogP contribution in [0.3, 0.4) is 0 Å². The summed E-state index contributed by atoms with van der Waals surface area (Å²) in [6, 6.07) is 5.50. The molecule has 0 amide bonds. The van der Waals surface area contributed by atoms with Gasteiger partial charge >= 0.3 is 0 Å². The van der Waals surface area contributed by atoms with E-state index in [-0.39, 0.29) is 11.9 Å². The molecule has 2 atom stereocenters. The minimum Gasteiger partial charge on any atom is -0.327 e. The summed E-state index contributed by atoms with van der Waals surface area (Å²) in [5.41, 5.74) is 6.60. The molecule has 76 valence electrons. The maximum absolute atomic E-state index is 13.4. The first-order valence-corrected chi connectivity index (χ1v) is 5.65. The van der Waals surface area contributed by atoms with Crippen LogP contribution in [0, 0.1) is 11.7 Å². The molecule has 1 aromatic rings. The van der Waals surface area contributed by atoms with Crippen LogP contribution in [0.5, 0.6) is 0 Å². The van der Waals surface area contributed by atoms with Gasteiger partial charge in [0.15, 0.2) is 0 Å². The maximum Gasteiger partial charge on any atom is 0.127 e. The predicted octanol–water partition coefficient (Wildman–Crippen LogP) is 2.87. The SMILES string of the molecule is NC1CCC1Cc1ccc(Br)cc1F. The molecule has 0 radical (unpaired) electrons. The second kappa shape index (κ2) is 3.99. The van der Waals surface area contributed by atoms with Gasteiger partial charge in [0.25, 0.3) is 0 Å². The van der Waals surface area contributed by atoms with Gasteiger partial charge in [-0.3, -0.25) is 0 Å². The van der Waals surface area contributed by atoms with Crippen LogP contribution < -0.4 is 5.73 Å². The Labute approximate surface area is 91.6 Å². The van der Waals surface area contributed by atoms with E-state index in [9.17, 15) is 4.39 Å². The van der Waals surface area contributed by atoms with E-state index in [0.717, 1.165) is 29.3 Å². The third kappa shape index (κ3) is 1.98. The molecule has 1 nitrogen and oxygen atoms in total. The third-order valence-corrected chi connectivity index (χ3v) is 3.47. The lowest BCUT2D eigenvalue weighted by Gasteiger charge is -2.33. The molecule has 0 saturated heterocycles. The van der Waals surface area contributed by atoms with Crippen molar-refractivity contribution in [2.45, 2.75) is 25.3 Å². The molecule has 14 heavy (non-hydrogen) atoms. The molecular weight excluding hydrogens is 245 g/mol. The zero-order chi connectivity index (χ0) is 10.1. The van der Waals surface area contributed by atoms with Gasteiger partial charge < -0.3 is 5.73 Å². The quantitative estimate of drug-likeness (QED) is 0.867. The number of nitrogens with two attached hydrogens (primary N) is 1. The van der Waals surface area contributed by atoms with E-state index < -0.39 is 0 Å². The van der Waals surface area contributed by atoms with Crippen molar-refractivity contribution in [1.29, 1.82) is 0 Å². The van der Waals surface area contributed by atoms with Crippen molar-refractivity contribution in [3.63, 3.8) is 0 Å². The van der Waals surface area contributed by atoms with E-state index in [0.29, 0.717) is 5.92 Å². The highest BCUT2D eigenvalue weighted by Crippen LogP contribution is 2.30. The molecule has 2 N–H and O–H groups in total. The summed E-state index contributed by atoms with van der Waals surface area (Å²) in [5, 5.41) is 0. The zero-order valence-corrected chi connectivity index (χ0v) is 9.43. The topological polar surface area (TPSA) is 26.0 Å². The third-order valence-electron chi connectivity index (χ3n) is 2.97. The first-order chi connectivity index (χ1) is 6.66. The molecule has 0 aromatic heterocycles. The van der Waals surface area contributed by atoms with Crippen molar-refractivity contribution in [2.24, 2.45) is 11.7 Å². The Morgan fingerprint density at radius 2 is 2.21 bits per heavy atom. The highest BCUT2D eigenvalue weighted by molar-refractivity contribution is 9.10. The van der Waals surface area contributed by atoms with Crippen molar-refractivity contribution in [1.82, 2.24) is 0 Å².